The summed E-state index contributed by atoms with van der Waals surface area (Å²) < 4.78 is 0. The zero-order valence-corrected chi connectivity index (χ0v) is 11.3. The Morgan fingerprint density at radius 1 is 1.26 bits per heavy atom. The van der Waals surface area contributed by atoms with Gasteiger partial charge in [0.05, 0.1) is 11.1 Å². The van der Waals surface area contributed by atoms with Crippen molar-refractivity contribution in [1.29, 1.82) is 0 Å². The van der Waals surface area contributed by atoms with Gasteiger partial charge in [-0.15, -0.1) is 0 Å². The zero-order valence-electron chi connectivity index (χ0n) is 11.3. The highest BCUT2D eigenvalue weighted by Gasteiger charge is 2.18. The molecule has 0 aliphatic heterocycles. The highest BCUT2D eigenvalue weighted by Crippen LogP contribution is 2.21. The van der Waals surface area contributed by atoms with Gasteiger partial charge in [-0.1, -0.05) is 18.2 Å². The molecule has 0 spiro atoms. The van der Waals surface area contributed by atoms with Crippen LogP contribution in [0.5, 0.6) is 0 Å². The Morgan fingerprint density at radius 2 is 1.95 bits per heavy atom. The second-order valence-electron chi connectivity index (χ2n) is 5.42. The van der Waals surface area contributed by atoms with Crippen LogP contribution in [0, 0.1) is 0 Å². The van der Waals surface area contributed by atoms with Crippen LogP contribution in [0.3, 0.4) is 0 Å². The van der Waals surface area contributed by atoms with Crippen molar-refractivity contribution in [3.8, 4) is 0 Å². The number of carbonyl (C=O) groups is 1. The van der Waals surface area contributed by atoms with Gasteiger partial charge in [-0.25, -0.2) is 10.8 Å². The summed E-state index contributed by atoms with van der Waals surface area (Å²) in [5.74, 6) is 5.73. The third-order valence-electron chi connectivity index (χ3n) is 2.60. The number of hydrogen-bond acceptors (Lipinski definition) is 4. The first-order valence-electron chi connectivity index (χ1n) is 6.09. The van der Waals surface area contributed by atoms with Crippen molar-refractivity contribution < 1.29 is 4.79 Å². The molecule has 2 aromatic rings. The van der Waals surface area contributed by atoms with Crippen molar-refractivity contribution >= 4 is 22.6 Å². The van der Waals surface area contributed by atoms with E-state index in [9.17, 15) is 4.79 Å². The predicted octanol–water partition coefficient (Wildman–Crippen LogP) is 2.05. The summed E-state index contributed by atoms with van der Waals surface area (Å²) in [5.41, 5.74) is 3.49. The zero-order chi connectivity index (χ0) is 14.0. The van der Waals surface area contributed by atoms with Crippen molar-refractivity contribution in [2.75, 3.05) is 5.43 Å². The summed E-state index contributed by atoms with van der Waals surface area (Å²) >= 11 is 0. The van der Waals surface area contributed by atoms with Crippen LogP contribution in [0.2, 0.25) is 0 Å². The van der Waals surface area contributed by atoms with E-state index < -0.39 is 0 Å². The van der Waals surface area contributed by atoms with Gasteiger partial charge in [0.2, 0.25) is 0 Å². The van der Waals surface area contributed by atoms with Crippen LogP contribution in [0.25, 0.3) is 10.9 Å². The predicted molar refractivity (Wildman–Crippen MR) is 76.8 cm³/mol. The molecule has 1 aromatic carbocycles. The lowest BCUT2D eigenvalue weighted by atomic mass is 10.0. The summed E-state index contributed by atoms with van der Waals surface area (Å²) in [5, 5.41) is 3.75. The Kier molecular flexibility index (Phi) is 3.40. The van der Waals surface area contributed by atoms with Crippen LogP contribution >= 0.6 is 0 Å². The van der Waals surface area contributed by atoms with Crippen LogP contribution in [-0.2, 0) is 0 Å². The molecule has 1 heterocycles. The van der Waals surface area contributed by atoms with Gasteiger partial charge in [0.1, 0.15) is 5.82 Å². The molecule has 1 aromatic heterocycles. The number of hydrazine groups is 1. The molecule has 0 atom stereocenters. The number of nitrogen functional groups attached to an aromatic ring is 1. The number of para-hydroxylation sites is 1. The fraction of sp³-hybridized carbons (Fsp3) is 0.286. The molecule has 0 saturated carbocycles. The molecule has 0 unspecified atom stereocenters. The lowest BCUT2D eigenvalue weighted by molar-refractivity contribution is 0.0921. The van der Waals surface area contributed by atoms with E-state index in [-0.39, 0.29) is 11.4 Å². The van der Waals surface area contributed by atoms with Crippen molar-refractivity contribution in [3.05, 3.63) is 35.9 Å². The van der Waals surface area contributed by atoms with Gasteiger partial charge in [-0.3, -0.25) is 4.79 Å². The molecule has 1 amide bonds. The average Bonchev–Trinajstić information content (AvgIpc) is 2.35. The quantitative estimate of drug-likeness (QED) is 0.569. The Labute approximate surface area is 112 Å². The summed E-state index contributed by atoms with van der Waals surface area (Å²) in [4.78, 5) is 16.7. The smallest absolute Gasteiger partial charge is 0.252 e. The summed E-state index contributed by atoms with van der Waals surface area (Å²) in [7, 11) is 0. The van der Waals surface area contributed by atoms with E-state index in [4.69, 9.17) is 5.84 Å². The molecule has 2 rings (SSSR count). The molecule has 0 saturated heterocycles. The van der Waals surface area contributed by atoms with E-state index in [0.717, 1.165) is 10.9 Å². The van der Waals surface area contributed by atoms with Crippen molar-refractivity contribution in [3.63, 3.8) is 0 Å². The maximum Gasteiger partial charge on any atom is 0.252 e. The first-order valence-corrected chi connectivity index (χ1v) is 6.09. The highest BCUT2D eigenvalue weighted by atomic mass is 16.1. The van der Waals surface area contributed by atoms with Crippen LogP contribution in [0.4, 0.5) is 5.82 Å². The molecular formula is C14H18N4O. The van der Waals surface area contributed by atoms with E-state index in [0.29, 0.717) is 11.4 Å². The Morgan fingerprint density at radius 3 is 2.58 bits per heavy atom. The van der Waals surface area contributed by atoms with Gasteiger partial charge in [-0.2, -0.15) is 0 Å². The second-order valence-corrected chi connectivity index (χ2v) is 5.42. The first kappa shape index (κ1) is 13.3. The van der Waals surface area contributed by atoms with Gasteiger partial charge in [0, 0.05) is 10.9 Å². The van der Waals surface area contributed by atoms with Gasteiger partial charge in [-0.05, 0) is 32.9 Å². The van der Waals surface area contributed by atoms with Crippen LogP contribution in [0.15, 0.2) is 30.3 Å². The Balaban J connectivity index is 2.54. The summed E-state index contributed by atoms with van der Waals surface area (Å²) in [6.07, 6.45) is 0. The van der Waals surface area contributed by atoms with Gasteiger partial charge in [0.15, 0.2) is 0 Å². The van der Waals surface area contributed by atoms with Crippen LogP contribution in [-0.4, -0.2) is 16.4 Å². The number of nitrogens with zero attached hydrogens (tertiary/aromatic N) is 1. The maximum atomic E-state index is 12.3. The number of nitrogens with two attached hydrogens (primary N) is 1. The number of fused-ring (bicyclic) bond motifs is 1. The summed E-state index contributed by atoms with van der Waals surface area (Å²) in [6.45, 7) is 5.82. The lowest BCUT2D eigenvalue weighted by Crippen LogP contribution is -2.40. The van der Waals surface area contributed by atoms with Gasteiger partial charge < -0.3 is 10.7 Å². The van der Waals surface area contributed by atoms with Crippen molar-refractivity contribution in [2.45, 2.75) is 26.3 Å². The van der Waals surface area contributed by atoms with Crippen LogP contribution < -0.4 is 16.6 Å². The number of rotatable bonds is 2. The monoisotopic (exact) mass is 258 g/mol. The minimum Gasteiger partial charge on any atom is -0.347 e. The second kappa shape index (κ2) is 4.85. The minimum atomic E-state index is -0.294. The fourth-order valence-electron chi connectivity index (χ4n) is 1.85. The topological polar surface area (TPSA) is 80.0 Å². The van der Waals surface area contributed by atoms with E-state index in [1.165, 1.54) is 0 Å². The van der Waals surface area contributed by atoms with E-state index >= 15 is 0 Å². The molecule has 0 aliphatic rings. The number of amides is 1. The Bertz CT molecular complexity index is 616. The van der Waals surface area contributed by atoms with E-state index in [1.54, 1.807) is 6.07 Å². The molecular weight excluding hydrogens is 240 g/mol. The molecule has 0 aliphatic carbocycles. The molecule has 5 nitrogen and oxygen atoms in total. The molecule has 100 valence electrons. The number of hydrogen-bond donors (Lipinski definition) is 3. The van der Waals surface area contributed by atoms with Gasteiger partial charge >= 0.3 is 0 Å². The SMILES string of the molecule is CC(C)(C)NC(=O)c1cc(NN)nc2ccccc12. The summed E-state index contributed by atoms with van der Waals surface area (Å²) in [6, 6.07) is 9.14. The highest BCUT2D eigenvalue weighted by molar-refractivity contribution is 6.07. The Hall–Kier alpha value is -2.14. The molecule has 0 fully saturated rings. The standard InChI is InChI=1S/C14H18N4O/c1-14(2,3)17-13(19)10-8-12(18-15)16-11-7-5-4-6-9(10)11/h4-8H,15H2,1-3H3,(H,16,18)(H,17,19). The minimum absolute atomic E-state index is 0.136. The number of aromatic nitrogens is 1. The van der Waals surface area contributed by atoms with Gasteiger partial charge in [0.25, 0.3) is 5.91 Å². The largest absolute Gasteiger partial charge is 0.347 e. The van der Waals surface area contributed by atoms with E-state index in [1.807, 2.05) is 45.0 Å². The number of benzene rings is 1. The van der Waals surface area contributed by atoms with Crippen LogP contribution in [0.1, 0.15) is 31.1 Å². The number of anilines is 1. The molecule has 0 bridgehead atoms. The number of carbonyl (C=O) groups excluding carboxylic acids is 1. The van der Waals surface area contributed by atoms with Crippen molar-refractivity contribution in [2.24, 2.45) is 5.84 Å². The third kappa shape index (κ3) is 3.00. The molecule has 0 radical (unpaired) electrons. The van der Waals surface area contributed by atoms with E-state index in [2.05, 4.69) is 15.7 Å². The normalized spacial score (nSPS) is 11.4. The third-order valence-corrected chi connectivity index (χ3v) is 2.60. The number of nitrogens with one attached hydrogen (secondary N) is 2. The fourth-order valence-corrected chi connectivity index (χ4v) is 1.85. The molecule has 5 heteroatoms. The number of pyridine rings is 1. The maximum absolute atomic E-state index is 12.3. The average molecular weight is 258 g/mol. The lowest BCUT2D eigenvalue weighted by Gasteiger charge is -2.21. The van der Waals surface area contributed by atoms with Crippen molar-refractivity contribution in [1.82, 2.24) is 10.3 Å². The molecule has 4 N–H and O–H groups in total. The first-order chi connectivity index (χ1) is 8.90. The molecule has 19 heavy (non-hydrogen) atoms.